The molecule has 1 aromatic heterocycles. The summed E-state index contributed by atoms with van der Waals surface area (Å²) in [5, 5.41) is 10.3. The van der Waals surface area contributed by atoms with E-state index in [0.29, 0.717) is 0 Å². The number of carbonyl (C=O) groups excluding carboxylic acids is 1. The highest BCUT2D eigenvalue weighted by Gasteiger charge is 2.24. The van der Waals surface area contributed by atoms with Crippen molar-refractivity contribution in [1.82, 2.24) is 15.5 Å². The number of H-pyrrole nitrogens is 1. The van der Waals surface area contributed by atoms with Gasteiger partial charge in [0.1, 0.15) is 0 Å². The van der Waals surface area contributed by atoms with Crippen LogP contribution in [0.25, 0.3) is 0 Å². The minimum Gasteiger partial charge on any atom is -0.353 e. The normalized spacial score (nSPS) is 18.4. The Hall–Kier alpha value is -1.32. The minimum absolute atomic E-state index is 0.193. The first-order valence-electron chi connectivity index (χ1n) is 7.56. The summed E-state index contributed by atoms with van der Waals surface area (Å²) in [7, 11) is 0. The number of rotatable bonds is 6. The molecule has 0 fully saturated rings. The molecule has 0 saturated carbocycles. The highest BCUT2D eigenvalue weighted by molar-refractivity contribution is 5.79. The molecule has 1 aliphatic carbocycles. The number of amides is 1. The predicted octanol–water partition coefficient (Wildman–Crippen LogP) is 2.60. The van der Waals surface area contributed by atoms with Crippen molar-refractivity contribution in [1.29, 1.82) is 0 Å². The zero-order chi connectivity index (χ0) is 13.7. The fourth-order valence-corrected chi connectivity index (χ4v) is 2.95. The monoisotopic (exact) mass is 263 g/mol. The number of aromatic nitrogens is 2. The van der Waals surface area contributed by atoms with Crippen LogP contribution in [0.1, 0.15) is 57.2 Å². The molecule has 0 aromatic carbocycles. The molecule has 106 valence electrons. The smallest absolute Gasteiger partial charge is 0.223 e. The number of carbonyl (C=O) groups is 1. The summed E-state index contributed by atoms with van der Waals surface area (Å²) in [5.41, 5.74) is 2.50. The first-order chi connectivity index (χ1) is 9.24. The lowest BCUT2D eigenvalue weighted by Crippen LogP contribution is -2.42. The van der Waals surface area contributed by atoms with Crippen LogP contribution in [-0.2, 0) is 17.6 Å². The molecule has 0 bridgehead atoms. The summed E-state index contributed by atoms with van der Waals surface area (Å²) in [6, 6.07) is 0.275. The van der Waals surface area contributed by atoms with Crippen molar-refractivity contribution in [3.8, 4) is 0 Å². The maximum Gasteiger partial charge on any atom is 0.223 e. The van der Waals surface area contributed by atoms with Gasteiger partial charge in [-0.3, -0.25) is 9.89 Å². The second-order valence-electron chi connectivity index (χ2n) is 5.60. The van der Waals surface area contributed by atoms with Crippen LogP contribution in [-0.4, -0.2) is 22.1 Å². The molecule has 1 amide bonds. The molecule has 1 atom stereocenters. The third kappa shape index (κ3) is 3.58. The molecule has 1 heterocycles. The number of aromatic amines is 1. The quantitative estimate of drug-likeness (QED) is 0.829. The van der Waals surface area contributed by atoms with Crippen LogP contribution < -0.4 is 5.32 Å². The summed E-state index contributed by atoms with van der Waals surface area (Å²) < 4.78 is 0. The van der Waals surface area contributed by atoms with Crippen LogP contribution >= 0.6 is 0 Å². The number of aryl methyl sites for hydroxylation is 1. The third-order valence-electron chi connectivity index (χ3n) is 4.01. The van der Waals surface area contributed by atoms with Gasteiger partial charge < -0.3 is 5.32 Å². The van der Waals surface area contributed by atoms with E-state index in [-0.39, 0.29) is 17.9 Å². The number of hydrogen-bond acceptors (Lipinski definition) is 2. The Morgan fingerprint density at radius 1 is 1.47 bits per heavy atom. The van der Waals surface area contributed by atoms with Crippen LogP contribution in [0.5, 0.6) is 0 Å². The van der Waals surface area contributed by atoms with Crippen LogP contribution in [0.15, 0.2) is 6.20 Å². The van der Waals surface area contributed by atoms with Gasteiger partial charge in [0.15, 0.2) is 0 Å². The van der Waals surface area contributed by atoms with Crippen molar-refractivity contribution in [2.45, 2.75) is 64.8 Å². The maximum atomic E-state index is 12.3. The number of hydrogen-bond donors (Lipinski definition) is 2. The third-order valence-corrected chi connectivity index (χ3v) is 4.01. The lowest BCUT2D eigenvalue weighted by Gasteiger charge is -2.25. The van der Waals surface area contributed by atoms with Crippen molar-refractivity contribution >= 4 is 5.91 Å². The number of nitrogens with zero attached hydrogens (tertiary/aromatic N) is 1. The van der Waals surface area contributed by atoms with E-state index in [0.717, 1.165) is 44.9 Å². The molecular weight excluding hydrogens is 238 g/mol. The van der Waals surface area contributed by atoms with Crippen molar-refractivity contribution in [2.24, 2.45) is 5.92 Å². The van der Waals surface area contributed by atoms with Crippen LogP contribution in [0.2, 0.25) is 0 Å². The summed E-state index contributed by atoms with van der Waals surface area (Å²) in [6.07, 6.45) is 9.01. The first kappa shape index (κ1) is 14.1. The van der Waals surface area contributed by atoms with E-state index in [1.165, 1.54) is 11.3 Å². The largest absolute Gasteiger partial charge is 0.353 e. The molecule has 0 radical (unpaired) electrons. The SMILES string of the molecule is CCCC(CCC)C(=O)NC1CCc2cn[nH]c2C1. The Bertz CT molecular complexity index is 407. The van der Waals surface area contributed by atoms with E-state index in [1.807, 2.05) is 6.20 Å². The van der Waals surface area contributed by atoms with E-state index in [4.69, 9.17) is 0 Å². The Labute approximate surface area is 115 Å². The van der Waals surface area contributed by atoms with Gasteiger partial charge in [-0.05, 0) is 31.2 Å². The number of fused-ring (bicyclic) bond motifs is 1. The second kappa shape index (κ2) is 6.73. The second-order valence-corrected chi connectivity index (χ2v) is 5.60. The van der Waals surface area contributed by atoms with Crippen molar-refractivity contribution < 1.29 is 4.79 Å². The lowest BCUT2D eigenvalue weighted by atomic mass is 9.92. The first-order valence-corrected chi connectivity index (χ1v) is 7.56. The fourth-order valence-electron chi connectivity index (χ4n) is 2.95. The lowest BCUT2D eigenvalue weighted by molar-refractivity contribution is -0.126. The zero-order valence-electron chi connectivity index (χ0n) is 12.0. The average molecular weight is 263 g/mol. The molecule has 1 unspecified atom stereocenters. The highest BCUT2D eigenvalue weighted by atomic mass is 16.1. The molecule has 4 nitrogen and oxygen atoms in total. The molecular formula is C15H25N3O. The minimum atomic E-state index is 0.193. The highest BCUT2D eigenvalue weighted by Crippen LogP contribution is 2.20. The van der Waals surface area contributed by atoms with Gasteiger partial charge >= 0.3 is 0 Å². The summed E-state index contributed by atoms with van der Waals surface area (Å²) in [5.74, 6) is 0.440. The topological polar surface area (TPSA) is 57.8 Å². The molecule has 1 aromatic rings. The van der Waals surface area contributed by atoms with Gasteiger partial charge in [0.25, 0.3) is 0 Å². The van der Waals surface area contributed by atoms with Gasteiger partial charge in [0, 0.05) is 24.1 Å². The molecule has 0 spiro atoms. The zero-order valence-corrected chi connectivity index (χ0v) is 12.0. The molecule has 2 rings (SSSR count). The van der Waals surface area contributed by atoms with Gasteiger partial charge in [-0.15, -0.1) is 0 Å². The summed E-state index contributed by atoms with van der Waals surface area (Å²) >= 11 is 0. The standard InChI is InChI=1S/C15H25N3O/c1-3-5-11(6-4-2)15(19)17-13-8-7-12-10-16-18-14(12)9-13/h10-11,13H,3-9H2,1-2H3,(H,16,18)(H,17,19). The van der Waals surface area contributed by atoms with Crippen LogP contribution in [0, 0.1) is 5.92 Å². The van der Waals surface area contributed by atoms with E-state index in [1.54, 1.807) is 0 Å². The van der Waals surface area contributed by atoms with Gasteiger partial charge in [0.2, 0.25) is 5.91 Å². The molecule has 4 heteroatoms. The molecule has 1 aliphatic rings. The number of nitrogens with one attached hydrogen (secondary N) is 2. The van der Waals surface area contributed by atoms with Crippen LogP contribution in [0.4, 0.5) is 0 Å². The predicted molar refractivity (Wildman–Crippen MR) is 75.8 cm³/mol. The van der Waals surface area contributed by atoms with E-state index in [2.05, 4.69) is 29.4 Å². The van der Waals surface area contributed by atoms with Gasteiger partial charge in [-0.1, -0.05) is 26.7 Å². The Kier molecular flexibility index (Phi) is 5.00. The summed E-state index contributed by atoms with van der Waals surface area (Å²) in [4.78, 5) is 12.3. The Balaban J connectivity index is 1.88. The molecule has 19 heavy (non-hydrogen) atoms. The van der Waals surface area contributed by atoms with Crippen molar-refractivity contribution in [2.75, 3.05) is 0 Å². The maximum absolute atomic E-state index is 12.3. The Morgan fingerprint density at radius 2 is 2.21 bits per heavy atom. The molecule has 0 saturated heterocycles. The van der Waals surface area contributed by atoms with E-state index >= 15 is 0 Å². The summed E-state index contributed by atoms with van der Waals surface area (Å²) in [6.45, 7) is 4.29. The van der Waals surface area contributed by atoms with E-state index in [9.17, 15) is 4.79 Å². The molecule has 0 aliphatic heterocycles. The van der Waals surface area contributed by atoms with Gasteiger partial charge in [-0.25, -0.2) is 0 Å². The molecule has 2 N–H and O–H groups in total. The van der Waals surface area contributed by atoms with Crippen molar-refractivity contribution in [3.63, 3.8) is 0 Å². The van der Waals surface area contributed by atoms with Gasteiger partial charge in [0.05, 0.1) is 6.20 Å². The fraction of sp³-hybridized carbons (Fsp3) is 0.733. The average Bonchev–Trinajstić information content (AvgIpc) is 2.86. The van der Waals surface area contributed by atoms with Crippen molar-refractivity contribution in [3.05, 3.63) is 17.5 Å². The Morgan fingerprint density at radius 3 is 2.89 bits per heavy atom. The van der Waals surface area contributed by atoms with Gasteiger partial charge in [-0.2, -0.15) is 5.10 Å². The van der Waals surface area contributed by atoms with Crippen LogP contribution in [0.3, 0.4) is 0 Å². The van der Waals surface area contributed by atoms with E-state index < -0.39 is 0 Å².